The average molecular weight is 258 g/mol. The Kier molecular flexibility index (Phi) is 4.84. The van der Waals surface area contributed by atoms with E-state index in [1.165, 1.54) is 4.90 Å². The number of nitrogens with two attached hydrogens (primary N) is 1. The standard InChI is InChI=1S/C10H16ClN5O/c1-16(2)10(17)14-6-5-13-9-7(12)3-4-8(11)15-9/h3-4H,5-6,12H2,1-2H3,(H,13,15)(H,14,17). The number of halogens is 1. The van der Waals surface area contributed by atoms with Crippen molar-refractivity contribution in [2.75, 3.05) is 38.2 Å². The van der Waals surface area contributed by atoms with E-state index in [2.05, 4.69) is 15.6 Å². The SMILES string of the molecule is CN(C)C(=O)NCCNc1nc(Cl)ccc1N. The van der Waals surface area contributed by atoms with Crippen LogP contribution in [-0.4, -0.2) is 43.1 Å². The van der Waals surface area contributed by atoms with E-state index in [1.807, 2.05) is 0 Å². The minimum Gasteiger partial charge on any atom is -0.396 e. The number of aromatic nitrogens is 1. The summed E-state index contributed by atoms with van der Waals surface area (Å²) in [5.41, 5.74) is 6.22. The first-order valence-electron chi connectivity index (χ1n) is 5.11. The van der Waals surface area contributed by atoms with Crippen LogP contribution in [-0.2, 0) is 0 Å². The fraction of sp³-hybridized carbons (Fsp3) is 0.400. The summed E-state index contributed by atoms with van der Waals surface area (Å²) in [5.74, 6) is 0.525. The van der Waals surface area contributed by atoms with Gasteiger partial charge in [0.05, 0.1) is 5.69 Å². The van der Waals surface area contributed by atoms with Crippen LogP contribution in [0.5, 0.6) is 0 Å². The molecule has 0 aliphatic rings. The molecular formula is C10H16ClN5O. The lowest BCUT2D eigenvalue weighted by Gasteiger charge is -2.13. The molecule has 0 unspecified atom stereocenters. The molecule has 0 saturated heterocycles. The number of hydrogen-bond donors (Lipinski definition) is 3. The third kappa shape index (κ3) is 4.36. The number of nitrogen functional groups attached to an aromatic ring is 1. The van der Waals surface area contributed by atoms with Crippen molar-refractivity contribution in [3.8, 4) is 0 Å². The van der Waals surface area contributed by atoms with Crippen molar-refractivity contribution >= 4 is 29.1 Å². The highest BCUT2D eigenvalue weighted by Gasteiger charge is 2.03. The Morgan fingerprint density at radius 2 is 2.18 bits per heavy atom. The Morgan fingerprint density at radius 3 is 2.82 bits per heavy atom. The zero-order valence-corrected chi connectivity index (χ0v) is 10.6. The van der Waals surface area contributed by atoms with Crippen LogP contribution in [0.2, 0.25) is 5.15 Å². The topological polar surface area (TPSA) is 83.3 Å². The number of carbonyl (C=O) groups is 1. The van der Waals surface area contributed by atoms with Gasteiger partial charge >= 0.3 is 6.03 Å². The fourth-order valence-corrected chi connectivity index (χ4v) is 1.24. The minimum absolute atomic E-state index is 0.140. The number of anilines is 2. The fourth-order valence-electron chi connectivity index (χ4n) is 1.10. The van der Waals surface area contributed by atoms with Gasteiger partial charge in [-0.15, -0.1) is 0 Å². The molecule has 1 aromatic heterocycles. The summed E-state index contributed by atoms with van der Waals surface area (Å²) in [6.45, 7) is 1.00. The van der Waals surface area contributed by atoms with Gasteiger partial charge in [-0.25, -0.2) is 9.78 Å². The van der Waals surface area contributed by atoms with Crippen molar-refractivity contribution in [2.45, 2.75) is 0 Å². The van der Waals surface area contributed by atoms with Gasteiger partial charge < -0.3 is 21.3 Å². The summed E-state index contributed by atoms with van der Waals surface area (Å²) in [4.78, 5) is 16.7. The summed E-state index contributed by atoms with van der Waals surface area (Å²) < 4.78 is 0. The summed E-state index contributed by atoms with van der Waals surface area (Å²) in [6.07, 6.45) is 0. The molecule has 0 aromatic carbocycles. The lowest BCUT2D eigenvalue weighted by Crippen LogP contribution is -2.37. The van der Waals surface area contributed by atoms with Gasteiger partial charge in [0.1, 0.15) is 5.15 Å². The molecule has 1 rings (SSSR count). The average Bonchev–Trinajstić information content (AvgIpc) is 2.28. The van der Waals surface area contributed by atoms with E-state index in [0.717, 1.165) is 0 Å². The highest BCUT2D eigenvalue weighted by atomic mass is 35.5. The zero-order valence-electron chi connectivity index (χ0n) is 9.83. The highest BCUT2D eigenvalue weighted by Crippen LogP contribution is 2.17. The van der Waals surface area contributed by atoms with E-state index in [1.54, 1.807) is 26.2 Å². The monoisotopic (exact) mass is 257 g/mol. The Bertz CT molecular complexity index is 396. The third-order valence-corrected chi connectivity index (χ3v) is 2.20. The van der Waals surface area contributed by atoms with E-state index in [4.69, 9.17) is 17.3 Å². The van der Waals surface area contributed by atoms with E-state index in [0.29, 0.717) is 29.7 Å². The normalized spacial score (nSPS) is 9.82. The second kappa shape index (κ2) is 6.15. The van der Waals surface area contributed by atoms with Crippen LogP contribution in [0.3, 0.4) is 0 Å². The maximum Gasteiger partial charge on any atom is 0.316 e. The van der Waals surface area contributed by atoms with E-state index in [9.17, 15) is 4.79 Å². The van der Waals surface area contributed by atoms with Gasteiger partial charge in [0.25, 0.3) is 0 Å². The van der Waals surface area contributed by atoms with Gasteiger partial charge in [-0.2, -0.15) is 0 Å². The smallest absolute Gasteiger partial charge is 0.316 e. The lowest BCUT2D eigenvalue weighted by molar-refractivity contribution is 0.218. The van der Waals surface area contributed by atoms with E-state index >= 15 is 0 Å². The van der Waals surface area contributed by atoms with Gasteiger partial charge in [-0.1, -0.05) is 11.6 Å². The summed E-state index contributed by atoms with van der Waals surface area (Å²) in [6, 6.07) is 3.16. The maximum absolute atomic E-state index is 11.2. The molecule has 17 heavy (non-hydrogen) atoms. The van der Waals surface area contributed by atoms with E-state index in [-0.39, 0.29) is 6.03 Å². The number of nitrogens with one attached hydrogen (secondary N) is 2. The van der Waals surface area contributed by atoms with Crippen molar-refractivity contribution in [1.29, 1.82) is 0 Å². The van der Waals surface area contributed by atoms with Gasteiger partial charge in [-0.05, 0) is 12.1 Å². The predicted octanol–water partition coefficient (Wildman–Crippen LogP) is 1.00. The van der Waals surface area contributed by atoms with Crippen LogP contribution in [0.4, 0.5) is 16.3 Å². The predicted molar refractivity (Wildman–Crippen MR) is 69.2 cm³/mol. The van der Waals surface area contributed by atoms with Crippen LogP contribution >= 0.6 is 11.6 Å². The number of amides is 2. The largest absolute Gasteiger partial charge is 0.396 e. The molecule has 94 valence electrons. The Hall–Kier alpha value is -1.69. The maximum atomic E-state index is 11.2. The van der Waals surface area contributed by atoms with Gasteiger partial charge in [0.15, 0.2) is 5.82 Å². The molecule has 0 atom stereocenters. The zero-order chi connectivity index (χ0) is 12.8. The Labute approximate surface area is 105 Å². The first-order valence-corrected chi connectivity index (χ1v) is 5.49. The quantitative estimate of drug-likeness (QED) is 0.555. The van der Waals surface area contributed by atoms with Crippen molar-refractivity contribution in [3.05, 3.63) is 17.3 Å². The Balaban J connectivity index is 2.36. The molecular weight excluding hydrogens is 242 g/mol. The third-order valence-electron chi connectivity index (χ3n) is 1.99. The number of carbonyl (C=O) groups excluding carboxylic acids is 1. The number of rotatable bonds is 4. The summed E-state index contributed by atoms with van der Waals surface area (Å²) >= 11 is 5.74. The molecule has 0 fully saturated rings. The number of nitrogens with zero attached hydrogens (tertiary/aromatic N) is 2. The number of pyridine rings is 1. The van der Waals surface area contributed by atoms with Crippen molar-refractivity contribution in [3.63, 3.8) is 0 Å². The minimum atomic E-state index is -0.140. The first kappa shape index (κ1) is 13.4. The Morgan fingerprint density at radius 1 is 1.47 bits per heavy atom. The molecule has 1 heterocycles. The van der Waals surface area contributed by atoms with Crippen LogP contribution in [0.15, 0.2) is 12.1 Å². The molecule has 2 amide bonds. The van der Waals surface area contributed by atoms with Crippen molar-refractivity contribution in [2.24, 2.45) is 0 Å². The van der Waals surface area contributed by atoms with Crippen LogP contribution < -0.4 is 16.4 Å². The van der Waals surface area contributed by atoms with Crippen LogP contribution in [0.1, 0.15) is 0 Å². The number of hydrogen-bond acceptors (Lipinski definition) is 4. The second-order valence-electron chi connectivity index (χ2n) is 3.62. The number of urea groups is 1. The van der Waals surface area contributed by atoms with Crippen LogP contribution in [0, 0.1) is 0 Å². The molecule has 0 bridgehead atoms. The summed E-state index contributed by atoms with van der Waals surface area (Å²) in [5, 5.41) is 6.08. The highest BCUT2D eigenvalue weighted by molar-refractivity contribution is 6.29. The molecule has 6 nitrogen and oxygen atoms in total. The first-order chi connectivity index (χ1) is 8.00. The summed E-state index contributed by atoms with van der Waals surface area (Å²) in [7, 11) is 3.36. The van der Waals surface area contributed by atoms with Gasteiger partial charge in [0.2, 0.25) is 0 Å². The van der Waals surface area contributed by atoms with Crippen molar-refractivity contribution in [1.82, 2.24) is 15.2 Å². The molecule has 0 aliphatic carbocycles. The van der Waals surface area contributed by atoms with Crippen LogP contribution in [0.25, 0.3) is 0 Å². The second-order valence-corrected chi connectivity index (χ2v) is 4.01. The van der Waals surface area contributed by atoms with Gasteiger partial charge in [-0.3, -0.25) is 0 Å². The molecule has 1 aromatic rings. The molecule has 0 aliphatic heterocycles. The molecule has 0 saturated carbocycles. The van der Waals surface area contributed by atoms with Crippen molar-refractivity contribution < 1.29 is 4.79 Å². The van der Waals surface area contributed by atoms with E-state index < -0.39 is 0 Å². The molecule has 4 N–H and O–H groups in total. The van der Waals surface area contributed by atoms with Gasteiger partial charge in [0, 0.05) is 27.2 Å². The molecule has 7 heteroatoms. The lowest BCUT2D eigenvalue weighted by atomic mass is 10.4. The molecule has 0 radical (unpaired) electrons. The molecule has 0 spiro atoms.